The lowest BCUT2D eigenvalue weighted by atomic mass is 9.97. The summed E-state index contributed by atoms with van der Waals surface area (Å²) >= 11 is 5.77. The van der Waals surface area contributed by atoms with Gasteiger partial charge in [0.05, 0.1) is 5.56 Å². The van der Waals surface area contributed by atoms with E-state index in [0.717, 1.165) is 12.8 Å². The second kappa shape index (κ2) is 5.09. The van der Waals surface area contributed by atoms with Crippen molar-refractivity contribution in [3.05, 3.63) is 28.8 Å². The summed E-state index contributed by atoms with van der Waals surface area (Å²) in [5.74, 6) is -1.88. The molecular formula is C13H14ClNO4. The molecule has 0 aliphatic heterocycles. The molecule has 0 unspecified atom stereocenters. The highest BCUT2D eigenvalue weighted by atomic mass is 35.5. The molecule has 0 bridgehead atoms. The van der Waals surface area contributed by atoms with Gasteiger partial charge in [0.15, 0.2) is 0 Å². The molecule has 0 spiro atoms. The number of phenols is 1. The number of aliphatic carboxylic acids is 1. The van der Waals surface area contributed by atoms with Crippen LogP contribution >= 0.6 is 11.6 Å². The van der Waals surface area contributed by atoms with Crippen molar-refractivity contribution in [1.82, 2.24) is 5.32 Å². The highest BCUT2D eigenvalue weighted by molar-refractivity contribution is 6.31. The number of benzene rings is 1. The van der Waals surface area contributed by atoms with Crippen LogP contribution in [0.25, 0.3) is 0 Å². The van der Waals surface area contributed by atoms with Crippen LogP contribution in [0.5, 0.6) is 5.75 Å². The van der Waals surface area contributed by atoms with Crippen LogP contribution in [0.4, 0.5) is 0 Å². The fourth-order valence-corrected chi connectivity index (χ4v) is 2.52. The lowest BCUT2D eigenvalue weighted by molar-refractivity contribution is -0.144. The molecule has 2 rings (SSSR count). The van der Waals surface area contributed by atoms with E-state index < -0.39 is 17.4 Å². The number of halogens is 1. The molecule has 6 heteroatoms. The first kappa shape index (κ1) is 13.7. The number of amides is 1. The number of carboxylic acid groups (broad SMARTS) is 1. The lowest BCUT2D eigenvalue weighted by Crippen LogP contribution is -2.52. The highest BCUT2D eigenvalue weighted by Crippen LogP contribution is 2.31. The van der Waals surface area contributed by atoms with Gasteiger partial charge in [-0.3, -0.25) is 4.79 Å². The maximum absolute atomic E-state index is 12.1. The van der Waals surface area contributed by atoms with Crippen molar-refractivity contribution in [2.45, 2.75) is 31.2 Å². The van der Waals surface area contributed by atoms with Crippen molar-refractivity contribution in [3.63, 3.8) is 0 Å². The molecule has 1 saturated carbocycles. The molecule has 3 N–H and O–H groups in total. The smallest absolute Gasteiger partial charge is 0.329 e. The Morgan fingerprint density at radius 2 is 1.89 bits per heavy atom. The van der Waals surface area contributed by atoms with Gasteiger partial charge >= 0.3 is 5.97 Å². The number of carbonyl (C=O) groups is 2. The Balaban J connectivity index is 2.25. The number of phenolic OH excluding ortho intramolecular Hbond substituents is 1. The largest absolute Gasteiger partial charge is 0.507 e. The summed E-state index contributed by atoms with van der Waals surface area (Å²) in [6.07, 6.45) is 2.31. The molecule has 1 aromatic rings. The Bertz CT molecular complexity index is 523. The van der Waals surface area contributed by atoms with Crippen LogP contribution < -0.4 is 5.32 Å². The van der Waals surface area contributed by atoms with Gasteiger partial charge in [0.25, 0.3) is 5.91 Å². The average Bonchev–Trinajstić information content (AvgIpc) is 2.82. The van der Waals surface area contributed by atoms with Crippen molar-refractivity contribution in [2.75, 3.05) is 0 Å². The third-order valence-electron chi connectivity index (χ3n) is 3.42. The van der Waals surface area contributed by atoms with Crippen LogP contribution in [0.1, 0.15) is 36.0 Å². The van der Waals surface area contributed by atoms with E-state index in [-0.39, 0.29) is 11.3 Å². The molecule has 1 aliphatic rings. The minimum atomic E-state index is -1.23. The van der Waals surface area contributed by atoms with E-state index in [4.69, 9.17) is 11.6 Å². The van der Waals surface area contributed by atoms with Gasteiger partial charge in [-0.15, -0.1) is 0 Å². The number of carbonyl (C=O) groups excluding carboxylic acids is 1. The Morgan fingerprint density at radius 3 is 2.47 bits per heavy atom. The number of rotatable bonds is 3. The highest BCUT2D eigenvalue weighted by Gasteiger charge is 2.42. The van der Waals surface area contributed by atoms with Gasteiger partial charge in [0.1, 0.15) is 11.3 Å². The first-order valence-electron chi connectivity index (χ1n) is 5.99. The second-order valence-corrected chi connectivity index (χ2v) is 5.15. The molecule has 1 aromatic carbocycles. The summed E-state index contributed by atoms with van der Waals surface area (Å²) in [5, 5.41) is 21.7. The van der Waals surface area contributed by atoms with Crippen molar-refractivity contribution in [1.29, 1.82) is 0 Å². The SMILES string of the molecule is O=C(NC1(C(=O)O)CCCC1)c1cc(Cl)ccc1O. The minimum absolute atomic E-state index is 0.0139. The summed E-state index contributed by atoms with van der Waals surface area (Å²) in [5.41, 5.74) is -1.24. The van der Waals surface area contributed by atoms with E-state index >= 15 is 0 Å². The topological polar surface area (TPSA) is 86.6 Å². The molecule has 1 amide bonds. The Kier molecular flexibility index (Phi) is 3.66. The predicted molar refractivity (Wildman–Crippen MR) is 69.4 cm³/mol. The number of hydrogen-bond acceptors (Lipinski definition) is 3. The fourth-order valence-electron chi connectivity index (χ4n) is 2.35. The Hall–Kier alpha value is -1.75. The van der Waals surface area contributed by atoms with Crippen LogP contribution in [0.15, 0.2) is 18.2 Å². The molecule has 5 nitrogen and oxygen atoms in total. The van der Waals surface area contributed by atoms with E-state index in [9.17, 15) is 19.8 Å². The molecule has 0 aromatic heterocycles. The summed E-state index contributed by atoms with van der Waals surface area (Å²) in [4.78, 5) is 23.4. The van der Waals surface area contributed by atoms with Gasteiger partial charge in [-0.05, 0) is 31.0 Å². The normalized spacial score (nSPS) is 17.1. The lowest BCUT2D eigenvalue weighted by Gasteiger charge is -2.25. The van der Waals surface area contributed by atoms with E-state index in [1.54, 1.807) is 0 Å². The monoisotopic (exact) mass is 283 g/mol. The standard InChI is InChI=1S/C13H14ClNO4/c14-8-3-4-10(16)9(7-8)11(17)15-13(12(18)19)5-1-2-6-13/h3-4,7,16H,1-2,5-6H2,(H,15,17)(H,18,19). The van der Waals surface area contributed by atoms with Crippen molar-refractivity contribution < 1.29 is 19.8 Å². The van der Waals surface area contributed by atoms with E-state index in [1.807, 2.05) is 0 Å². The van der Waals surface area contributed by atoms with Gasteiger partial charge in [-0.1, -0.05) is 24.4 Å². The first-order valence-corrected chi connectivity index (χ1v) is 6.37. The fraction of sp³-hybridized carbons (Fsp3) is 0.385. The van der Waals surface area contributed by atoms with Crippen LogP contribution in [0, 0.1) is 0 Å². The van der Waals surface area contributed by atoms with Crippen molar-refractivity contribution in [3.8, 4) is 5.75 Å². The van der Waals surface area contributed by atoms with Crippen molar-refractivity contribution in [2.24, 2.45) is 0 Å². The second-order valence-electron chi connectivity index (χ2n) is 4.71. The van der Waals surface area contributed by atoms with Crippen LogP contribution in [0.3, 0.4) is 0 Å². The van der Waals surface area contributed by atoms with Crippen LogP contribution in [-0.4, -0.2) is 27.6 Å². The number of nitrogens with one attached hydrogen (secondary N) is 1. The Morgan fingerprint density at radius 1 is 1.26 bits per heavy atom. The summed E-state index contributed by atoms with van der Waals surface area (Å²) in [6, 6.07) is 4.08. The predicted octanol–water partition coefficient (Wildman–Crippen LogP) is 2.17. The third kappa shape index (κ3) is 2.66. The first-order chi connectivity index (χ1) is 8.94. The summed E-state index contributed by atoms with van der Waals surface area (Å²) in [7, 11) is 0. The molecule has 1 aliphatic carbocycles. The van der Waals surface area contributed by atoms with Crippen LogP contribution in [0.2, 0.25) is 5.02 Å². The molecule has 0 saturated heterocycles. The van der Waals surface area contributed by atoms with E-state index in [1.165, 1.54) is 18.2 Å². The van der Waals surface area contributed by atoms with Crippen LogP contribution in [-0.2, 0) is 4.79 Å². The van der Waals surface area contributed by atoms with Crippen molar-refractivity contribution >= 4 is 23.5 Å². The maximum Gasteiger partial charge on any atom is 0.329 e. The molecule has 19 heavy (non-hydrogen) atoms. The van der Waals surface area contributed by atoms with Gasteiger partial charge in [0.2, 0.25) is 0 Å². The Labute approximate surface area is 115 Å². The summed E-state index contributed by atoms with van der Waals surface area (Å²) in [6.45, 7) is 0. The molecule has 0 radical (unpaired) electrons. The minimum Gasteiger partial charge on any atom is -0.507 e. The molecule has 1 fully saturated rings. The number of hydrogen-bond donors (Lipinski definition) is 3. The van der Waals surface area contributed by atoms with Gasteiger partial charge < -0.3 is 15.5 Å². The summed E-state index contributed by atoms with van der Waals surface area (Å²) < 4.78 is 0. The van der Waals surface area contributed by atoms with Gasteiger partial charge in [-0.25, -0.2) is 4.79 Å². The zero-order chi connectivity index (χ0) is 14.0. The number of carboxylic acids is 1. The van der Waals surface area contributed by atoms with Gasteiger partial charge in [-0.2, -0.15) is 0 Å². The third-order valence-corrected chi connectivity index (χ3v) is 3.66. The average molecular weight is 284 g/mol. The zero-order valence-electron chi connectivity index (χ0n) is 10.1. The van der Waals surface area contributed by atoms with E-state index in [0.29, 0.717) is 17.9 Å². The maximum atomic E-state index is 12.1. The zero-order valence-corrected chi connectivity index (χ0v) is 10.9. The molecule has 0 heterocycles. The molecule has 102 valence electrons. The van der Waals surface area contributed by atoms with Gasteiger partial charge in [0, 0.05) is 5.02 Å². The molecule has 0 atom stereocenters. The quantitative estimate of drug-likeness (QED) is 0.793. The molecular weight excluding hydrogens is 270 g/mol. The number of aromatic hydroxyl groups is 1. The van der Waals surface area contributed by atoms with E-state index in [2.05, 4.69) is 5.32 Å².